The fourth-order valence-corrected chi connectivity index (χ4v) is 2.78. The second-order valence-electron chi connectivity index (χ2n) is 6.67. The molecule has 1 saturated heterocycles. The number of para-hydroxylation sites is 2. The monoisotopic (exact) mass is 334 g/mol. The van der Waals surface area contributed by atoms with E-state index in [9.17, 15) is 4.79 Å². The summed E-state index contributed by atoms with van der Waals surface area (Å²) in [6.07, 6.45) is 0.421. The summed E-state index contributed by atoms with van der Waals surface area (Å²) in [6.45, 7) is 6.52. The van der Waals surface area contributed by atoms with Crippen LogP contribution in [0.4, 0.5) is 5.69 Å². The summed E-state index contributed by atoms with van der Waals surface area (Å²) in [7, 11) is 4.07. The number of likely N-dealkylation sites (N-methyl/N-ethyl adjacent to an activating group) is 1. The smallest absolute Gasteiger partial charge is 0.224 e. The van der Waals surface area contributed by atoms with Crippen LogP contribution >= 0.6 is 0 Å². The summed E-state index contributed by atoms with van der Waals surface area (Å²) in [4.78, 5) is 18.4. The molecule has 1 aromatic rings. The van der Waals surface area contributed by atoms with Gasteiger partial charge in [0.2, 0.25) is 5.91 Å². The third-order valence-corrected chi connectivity index (χ3v) is 4.13. The number of carbonyl (C=O) groups is 1. The van der Waals surface area contributed by atoms with Crippen LogP contribution in [0.2, 0.25) is 0 Å². The number of ether oxygens (including phenoxy) is 1. The zero-order valence-electron chi connectivity index (χ0n) is 15.1. The second-order valence-corrected chi connectivity index (χ2v) is 6.67. The third kappa shape index (κ3) is 5.39. The lowest BCUT2D eigenvalue weighted by molar-refractivity contribution is -0.131. The Kier molecular flexibility index (Phi) is 6.87. The molecule has 1 aliphatic heterocycles. The van der Waals surface area contributed by atoms with E-state index in [0.717, 1.165) is 44.2 Å². The van der Waals surface area contributed by atoms with E-state index in [1.165, 1.54) is 0 Å². The quantitative estimate of drug-likeness (QED) is 0.806. The van der Waals surface area contributed by atoms with Crippen molar-refractivity contribution in [3.05, 3.63) is 24.3 Å². The van der Waals surface area contributed by atoms with Crippen molar-refractivity contribution in [3.63, 3.8) is 0 Å². The number of amides is 1. The zero-order valence-corrected chi connectivity index (χ0v) is 15.1. The lowest BCUT2D eigenvalue weighted by Crippen LogP contribution is -2.49. The molecule has 1 aliphatic rings. The van der Waals surface area contributed by atoms with Gasteiger partial charge in [0, 0.05) is 45.2 Å². The molecule has 6 heteroatoms. The molecule has 2 N–H and O–H groups in total. The average Bonchev–Trinajstić information content (AvgIpc) is 2.54. The molecule has 0 aromatic heterocycles. The fourth-order valence-electron chi connectivity index (χ4n) is 2.78. The average molecular weight is 334 g/mol. The third-order valence-electron chi connectivity index (χ3n) is 4.13. The lowest BCUT2D eigenvalue weighted by Gasteiger charge is -2.37. The van der Waals surface area contributed by atoms with Crippen LogP contribution in [0.1, 0.15) is 13.3 Å². The number of piperazine rings is 1. The predicted molar refractivity (Wildman–Crippen MR) is 97.6 cm³/mol. The largest absolute Gasteiger partial charge is 0.490 e. The van der Waals surface area contributed by atoms with Gasteiger partial charge >= 0.3 is 0 Å². The summed E-state index contributed by atoms with van der Waals surface area (Å²) in [5.74, 6) is 1.06. The van der Waals surface area contributed by atoms with Crippen molar-refractivity contribution in [1.82, 2.24) is 9.80 Å². The van der Waals surface area contributed by atoms with E-state index < -0.39 is 0 Å². The SMILES string of the molecule is CC(N)CC(=O)N1CCN(c2ccccc2OCCN(C)C)CC1. The first-order valence-electron chi connectivity index (χ1n) is 8.62. The summed E-state index contributed by atoms with van der Waals surface area (Å²) >= 11 is 0. The van der Waals surface area contributed by atoms with Crippen LogP contribution in [-0.4, -0.2) is 75.2 Å². The molecule has 6 nitrogen and oxygen atoms in total. The molecule has 0 aliphatic carbocycles. The van der Waals surface area contributed by atoms with E-state index in [4.69, 9.17) is 10.5 Å². The van der Waals surface area contributed by atoms with Crippen LogP contribution in [0, 0.1) is 0 Å². The molecular formula is C18H30N4O2. The van der Waals surface area contributed by atoms with Crippen molar-refractivity contribution < 1.29 is 9.53 Å². The number of hydrogen-bond donors (Lipinski definition) is 1. The van der Waals surface area contributed by atoms with Crippen molar-refractivity contribution in [1.29, 1.82) is 0 Å². The van der Waals surface area contributed by atoms with Crippen molar-refractivity contribution >= 4 is 11.6 Å². The molecule has 24 heavy (non-hydrogen) atoms. The minimum absolute atomic E-state index is 0.0821. The van der Waals surface area contributed by atoms with Gasteiger partial charge < -0.3 is 25.2 Å². The Balaban J connectivity index is 1.93. The predicted octanol–water partition coefficient (Wildman–Crippen LogP) is 1.01. The number of nitrogens with two attached hydrogens (primary N) is 1. The topological polar surface area (TPSA) is 62.0 Å². The number of hydrogen-bond acceptors (Lipinski definition) is 5. The van der Waals surface area contributed by atoms with Gasteiger partial charge in [-0.15, -0.1) is 0 Å². The standard InChI is InChI=1S/C18H30N4O2/c1-15(19)14-18(23)22-10-8-21(9-11-22)16-6-4-5-7-17(16)24-13-12-20(2)3/h4-7,15H,8-14,19H2,1-3H3. The van der Waals surface area contributed by atoms with E-state index >= 15 is 0 Å². The maximum absolute atomic E-state index is 12.1. The number of carbonyl (C=O) groups excluding carboxylic acids is 1. The van der Waals surface area contributed by atoms with E-state index in [1.54, 1.807) is 0 Å². The molecule has 1 heterocycles. The van der Waals surface area contributed by atoms with Crippen LogP contribution in [0.15, 0.2) is 24.3 Å². The molecule has 1 amide bonds. The van der Waals surface area contributed by atoms with Gasteiger partial charge in [-0.05, 0) is 33.2 Å². The van der Waals surface area contributed by atoms with E-state index in [0.29, 0.717) is 13.0 Å². The first-order valence-corrected chi connectivity index (χ1v) is 8.62. The summed E-state index contributed by atoms with van der Waals surface area (Å²) in [5, 5.41) is 0. The van der Waals surface area contributed by atoms with Crippen molar-refractivity contribution in [2.75, 3.05) is 58.3 Å². The molecule has 0 bridgehead atoms. The van der Waals surface area contributed by atoms with Crippen LogP contribution < -0.4 is 15.4 Å². The highest BCUT2D eigenvalue weighted by Crippen LogP contribution is 2.28. The van der Waals surface area contributed by atoms with E-state index in [1.807, 2.05) is 44.1 Å². The second kappa shape index (κ2) is 8.89. The maximum atomic E-state index is 12.1. The molecule has 1 fully saturated rings. The van der Waals surface area contributed by atoms with Gasteiger partial charge in [-0.2, -0.15) is 0 Å². The summed E-state index contributed by atoms with van der Waals surface area (Å²) in [5.41, 5.74) is 6.84. The summed E-state index contributed by atoms with van der Waals surface area (Å²) in [6, 6.07) is 8.04. The van der Waals surface area contributed by atoms with Crippen molar-refractivity contribution in [2.24, 2.45) is 5.73 Å². The highest BCUT2D eigenvalue weighted by molar-refractivity contribution is 5.77. The normalized spacial score (nSPS) is 16.4. The van der Waals surface area contributed by atoms with Gasteiger partial charge in [-0.1, -0.05) is 12.1 Å². The molecule has 1 aromatic carbocycles. The Morgan fingerprint density at radius 1 is 1.25 bits per heavy atom. The van der Waals surface area contributed by atoms with Crippen LogP contribution in [0.3, 0.4) is 0 Å². The Bertz CT molecular complexity index is 526. The van der Waals surface area contributed by atoms with E-state index in [-0.39, 0.29) is 11.9 Å². The molecule has 134 valence electrons. The van der Waals surface area contributed by atoms with Crippen LogP contribution in [0.25, 0.3) is 0 Å². The highest BCUT2D eigenvalue weighted by Gasteiger charge is 2.23. The van der Waals surface area contributed by atoms with Crippen LogP contribution in [-0.2, 0) is 4.79 Å². The minimum Gasteiger partial charge on any atom is -0.490 e. The number of nitrogens with zero attached hydrogens (tertiary/aromatic N) is 3. The maximum Gasteiger partial charge on any atom is 0.224 e. The number of rotatable bonds is 7. The van der Waals surface area contributed by atoms with Gasteiger partial charge in [-0.25, -0.2) is 0 Å². The van der Waals surface area contributed by atoms with Crippen molar-refractivity contribution in [3.8, 4) is 5.75 Å². The molecule has 1 atom stereocenters. The lowest BCUT2D eigenvalue weighted by atomic mass is 10.2. The van der Waals surface area contributed by atoms with Gasteiger partial charge in [0.15, 0.2) is 0 Å². The van der Waals surface area contributed by atoms with Gasteiger partial charge in [0.25, 0.3) is 0 Å². The highest BCUT2D eigenvalue weighted by atomic mass is 16.5. The first-order chi connectivity index (χ1) is 11.5. The molecular weight excluding hydrogens is 304 g/mol. The zero-order chi connectivity index (χ0) is 17.5. The molecule has 2 rings (SSSR count). The van der Waals surface area contributed by atoms with Crippen LogP contribution in [0.5, 0.6) is 5.75 Å². The summed E-state index contributed by atoms with van der Waals surface area (Å²) < 4.78 is 5.95. The van der Waals surface area contributed by atoms with E-state index in [2.05, 4.69) is 15.9 Å². The van der Waals surface area contributed by atoms with Gasteiger partial charge in [0.1, 0.15) is 12.4 Å². The Morgan fingerprint density at radius 3 is 2.54 bits per heavy atom. The van der Waals surface area contributed by atoms with Crippen molar-refractivity contribution in [2.45, 2.75) is 19.4 Å². The molecule has 0 radical (unpaired) electrons. The van der Waals surface area contributed by atoms with Gasteiger partial charge in [0.05, 0.1) is 5.69 Å². The Morgan fingerprint density at radius 2 is 1.92 bits per heavy atom. The first kappa shape index (κ1) is 18.5. The minimum atomic E-state index is -0.0821. The number of benzene rings is 1. The molecule has 0 saturated carbocycles. The fraction of sp³-hybridized carbons (Fsp3) is 0.611. The van der Waals surface area contributed by atoms with Gasteiger partial charge in [-0.3, -0.25) is 4.79 Å². The number of anilines is 1. The Labute approximate surface area is 145 Å². The molecule has 1 unspecified atom stereocenters. The molecule has 0 spiro atoms. The Hall–Kier alpha value is -1.79.